The van der Waals surface area contributed by atoms with Gasteiger partial charge < -0.3 is 5.32 Å². The topological polar surface area (TPSA) is 81.1 Å². The van der Waals surface area contributed by atoms with E-state index in [1.165, 1.54) is 17.8 Å². The Kier molecular flexibility index (Phi) is 5.16. The van der Waals surface area contributed by atoms with Gasteiger partial charge in [0.2, 0.25) is 5.91 Å². The lowest BCUT2D eigenvalue weighted by molar-refractivity contribution is -0.120. The van der Waals surface area contributed by atoms with Crippen LogP contribution in [0.2, 0.25) is 0 Å². The molecular formula is C21H21N3O3. The number of carbonyl (C=O) groups excluding carboxylic acids is 2. The first-order valence-electron chi connectivity index (χ1n) is 8.76. The number of aromatic nitrogens is 2. The highest BCUT2D eigenvalue weighted by Gasteiger charge is 2.26. The number of amides is 1. The Labute approximate surface area is 156 Å². The van der Waals surface area contributed by atoms with Crippen LogP contribution in [0.15, 0.2) is 59.7 Å². The Morgan fingerprint density at radius 1 is 1.07 bits per heavy atom. The number of carbonyl (C=O) groups is 2. The van der Waals surface area contributed by atoms with Crippen LogP contribution < -0.4 is 10.9 Å². The number of Topliss-reactive ketones (excluding diaryl/α,β-unsaturated/α-hetero) is 1. The third-order valence-electron chi connectivity index (χ3n) is 4.43. The van der Waals surface area contributed by atoms with Gasteiger partial charge in [-0.15, -0.1) is 0 Å². The molecular weight excluding hydrogens is 342 g/mol. The summed E-state index contributed by atoms with van der Waals surface area (Å²) in [7, 11) is 0. The summed E-state index contributed by atoms with van der Waals surface area (Å²) in [4.78, 5) is 41.7. The van der Waals surface area contributed by atoms with E-state index in [0.717, 1.165) is 0 Å². The number of anilines is 1. The van der Waals surface area contributed by atoms with Crippen molar-refractivity contribution in [2.75, 3.05) is 5.32 Å². The molecule has 0 bridgehead atoms. The Balaban J connectivity index is 1.98. The van der Waals surface area contributed by atoms with Gasteiger partial charge in [0.25, 0.3) is 5.56 Å². The van der Waals surface area contributed by atoms with E-state index in [1.807, 2.05) is 19.9 Å². The molecule has 0 saturated heterocycles. The number of rotatable bonds is 5. The molecule has 6 nitrogen and oxygen atoms in total. The molecule has 1 amide bonds. The van der Waals surface area contributed by atoms with Gasteiger partial charge in [-0.25, -0.2) is 4.98 Å². The quantitative estimate of drug-likeness (QED) is 0.704. The lowest BCUT2D eigenvalue weighted by Gasteiger charge is -2.22. The minimum atomic E-state index is -0.726. The largest absolute Gasteiger partial charge is 0.324 e. The van der Waals surface area contributed by atoms with E-state index in [-0.39, 0.29) is 23.2 Å². The molecule has 1 N–H and O–H groups in total. The second-order valence-corrected chi connectivity index (χ2v) is 6.79. The molecule has 1 unspecified atom stereocenters. The Morgan fingerprint density at radius 2 is 1.81 bits per heavy atom. The van der Waals surface area contributed by atoms with Gasteiger partial charge in [-0.1, -0.05) is 38.1 Å². The lowest BCUT2D eigenvalue weighted by Crippen LogP contribution is -2.36. The van der Waals surface area contributed by atoms with Crippen LogP contribution in [-0.2, 0) is 4.79 Å². The minimum absolute atomic E-state index is 0.0820. The second-order valence-electron chi connectivity index (χ2n) is 6.79. The highest BCUT2D eigenvalue weighted by atomic mass is 16.2. The predicted octanol–water partition coefficient (Wildman–Crippen LogP) is 3.43. The summed E-state index contributed by atoms with van der Waals surface area (Å²) in [5.74, 6) is -0.548. The summed E-state index contributed by atoms with van der Waals surface area (Å²) in [6.07, 6.45) is 1.42. The molecule has 0 saturated carbocycles. The second kappa shape index (κ2) is 7.53. The van der Waals surface area contributed by atoms with Gasteiger partial charge in [0.1, 0.15) is 6.04 Å². The zero-order chi connectivity index (χ0) is 19.6. The van der Waals surface area contributed by atoms with Crippen molar-refractivity contribution in [3.63, 3.8) is 0 Å². The van der Waals surface area contributed by atoms with Crippen LogP contribution in [0.3, 0.4) is 0 Å². The average Bonchev–Trinajstić information content (AvgIpc) is 2.64. The number of ketones is 1. The van der Waals surface area contributed by atoms with Crippen LogP contribution in [0.1, 0.15) is 37.2 Å². The zero-order valence-corrected chi connectivity index (χ0v) is 15.5. The lowest BCUT2D eigenvalue weighted by atomic mass is 10.0. The molecule has 2 aromatic carbocycles. The van der Waals surface area contributed by atoms with E-state index in [1.54, 1.807) is 42.5 Å². The van der Waals surface area contributed by atoms with Crippen LogP contribution in [0.5, 0.6) is 0 Å². The first-order valence-corrected chi connectivity index (χ1v) is 8.76. The maximum Gasteiger partial charge on any atom is 0.261 e. The van der Waals surface area contributed by atoms with E-state index in [2.05, 4.69) is 10.3 Å². The minimum Gasteiger partial charge on any atom is -0.324 e. The Hall–Kier alpha value is -3.28. The first kappa shape index (κ1) is 18.5. The summed E-state index contributed by atoms with van der Waals surface area (Å²) < 4.78 is 1.37. The standard InChI is InChI=1S/C21H21N3O3/c1-13(2)19(20(26)23-16-8-6-7-15(11-16)14(3)25)24-12-22-18-10-5-4-9-17(18)21(24)27/h4-13,19H,1-3H3,(H,23,26). The van der Waals surface area contributed by atoms with Gasteiger partial charge in [-0.2, -0.15) is 0 Å². The summed E-state index contributed by atoms with van der Waals surface area (Å²) >= 11 is 0. The smallest absolute Gasteiger partial charge is 0.261 e. The highest BCUT2D eigenvalue weighted by molar-refractivity contribution is 5.98. The predicted molar refractivity (Wildman–Crippen MR) is 105 cm³/mol. The molecule has 0 spiro atoms. The van der Waals surface area contributed by atoms with E-state index >= 15 is 0 Å². The molecule has 0 radical (unpaired) electrons. The molecule has 3 rings (SSSR count). The maximum atomic E-state index is 12.9. The van der Waals surface area contributed by atoms with Crippen molar-refractivity contribution in [1.82, 2.24) is 9.55 Å². The number of nitrogens with zero attached hydrogens (tertiary/aromatic N) is 2. The van der Waals surface area contributed by atoms with Gasteiger partial charge in [-0.05, 0) is 37.1 Å². The van der Waals surface area contributed by atoms with Crippen molar-refractivity contribution in [2.24, 2.45) is 5.92 Å². The molecule has 0 aliphatic rings. The molecule has 0 fully saturated rings. The van der Waals surface area contributed by atoms with Crippen molar-refractivity contribution >= 4 is 28.3 Å². The van der Waals surface area contributed by atoms with Crippen molar-refractivity contribution in [2.45, 2.75) is 26.8 Å². The number of nitrogens with one attached hydrogen (secondary N) is 1. The fourth-order valence-corrected chi connectivity index (χ4v) is 3.06. The summed E-state index contributed by atoms with van der Waals surface area (Å²) in [6, 6.07) is 13.1. The molecule has 0 aliphatic carbocycles. The third-order valence-corrected chi connectivity index (χ3v) is 4.43. The molecule has 3 aromatic rings. The summed E-state index contributed by atoms with van der Waals surface area (Å²) in [5.41, 5.74) is 1.36. The Bertz CT molecular complexity index is 1070. The van der Waals surface area contributed by atoms with Crippen molar-refractivity contribution < 1.29 is 9.59 Å². The normalized spacial score (nSPS) is 12.1. The van der Waals surface area contributed by atoms with Crippen LogP contribution >= 0.6 is 0 Å². The average molecular weight is 363 g/mol. The number of hydrogen-bond acceptors (Lipinski definition) is 4. The van der Waals surface area contributed by atoms with Crippen LogP contribution in [0.4, 0.5) is 5.69 Å². The van der Waals surface area contributed by atoms with Gasteiger partial charge in [0, 0.05) is 11.3 Å². The van der Waals surface area contributed by atoms with Gasteiger partial charge >= 0.3 is 0 Å². The number of para-hydroxylation sites is 1. The van der Waals surface area contributed by atoms with Crippen molar-refractivity contribution in [3.8, 4) is 0 Å². The van der Waals surface area contributed by atoms with Gasteiger partial charge in [0.05, 0.1) is 17.2 Å². The first-order chi connectivity index (χ1) is 12.9. The van der Waals surface area contributed by atoms with Crippen LogP contribution in [-0.4, -0.2) is 21.2 Å². The SMILES string of the molecule is CC(=O)c1cccc(NC(=O)C(C(C)C)n2cnc3ccccc3c2=O)c1. The summed E-state index contributed by atoms with van der Waals surface area (Å²) in [6.45, 7) is 5.22. The maximum absolute atomic E-state index is 12.9. The van der Waals surface area contributed by atoms with Crippen molar-refractivity contribution in [3.05, 3.63) is 70.8 Å². The van der Waals surface area contributed by atoms with E-state index in [9.17, 15) is 14.4 Å². The van der Waals surface area contributed by atoms with Gasteiger partial charge in [-0.3, -0.25) is 19.0 Å². The van der Waals surface area contributed by atoms with Crippen LogP contribution in [0, 0.1) is 5.92 Å². The van der Waals surface area contributed by atoms with E-state index < -0.39 is 6.04 Å². The van der Waals surface area contributed by atoms with Crippen molar-refractivity contribution in [1.29, 1.82) is 0 Å². The van der Waals surface area contributed by atoms with E-state index in [4.69, 9.17) is 0 Å². The molecule has 1 atom stereocenters. The van der Waals surface area contributed by atoms with Crippen LogP contribution in [0.25, 0.3) is 10.9 Å². The fraction of sp³-hybridized carbons (Fsp3) is 0.238. The number of fused-ring (bicyclic) bond motifs is 1. The third kappa shape index (κ3) is 3.79. The monoisotopic (exact) mass is 363 g/mol. The summed E-state index contributed by atoms with van der Waals surface area (Å²) in [5, 5.41) is 3.28. The molecule has 1 aromatic heterocycles. The molecule has 1 heterocycles. The van der Waals surface area contributed by atoms with Gasteiger partial charge in [0.15, 0.2) is 5.78 Å². The molecule has 0 aliphatic heterocycles. The fourth-order valence-electron chi connectivity index (χ4n) is 3.06. The number of hydrogen-bond donors (Lipinski definition) is 1. The molecule has 27 heavy (non-hydrogen) atoms. The molecule has 6 heteroatoms. The number of benzene rings is 2. The van der Waals surface area contributed by atoms with E-state index in [0.29, 0.717) is 22.2 Å². The highest BCUT2D eigenvalue weighted by Crippen LogP contribution is 2.20. The molecule has 138 valence electrons. The Morgan fingerprint density at radius 3 is 2.52 bits per heavy atom. The zero-order valence-electron chi connectivity index (χ0n) is 15.5.